The van der Waals surface area contributed by atoms with Gasteiger partial charge in [-0.2, -0.15) is 0 Å². The number of methoxy groups -OCH3 is 2. The SMILES string of the molecule is COc1ccc(C2CC(=O)N(c3ccc(F)c(Cl)c3)C(=O)C2)cc1OC. The number of piperidine rings is 1. The Balaban J connectivity index is 1.85. The van der Waals surface area contributed by atoms with Crippen LogP contribution in [-0.2, 0) is 9.59 Å². The largest absolute Gasteiger partial charge is 0.493 e. The first-order chi connectivity index (χ1) is 12.4. The fourth-order valence-electron chi connectivity index (χ4n) is 3.07. The summed E-state index contributed by atoms with van der Waals surface area (Å²) in [5.74, 6) is -0.463. The van der Waals surface area contributed by atoms with E-state index in [1.807, 2.05) is 6.07 Å². The molecule has 26 heavy (non-hydrogen) atoms. The smallest absolute Gasteiger partial charge is 0.234 e. The molecule has 0 unspecified atom stereocenters. The van der Waals surface area contributed by atoms with Gasteiger partial charge < -0.3 is 9.47 Å². The van der Waals surface area contributed by atoms with Crippen molar-refractivity contribution < 1.29 is 23.5 Å². The van der Waals surface area contributed by atoms with Gasteiger partial charge in [-0.15, -0.1) is 0 Å². The number of nitrogens with zero attached hydrogens (tertiary/aromatic N) is 1. The van der Waals surface area contributed by atoms with E-state index < -0.39 is 5.82 Å². The molecule has 0 saturated carbocycles. The third-order valence-corrected chi connectivity index (χ3v) is 4.67. The summed E-state index contributed by atoms with van der Waals surface area (Å²) in [6, 6.07) is 9.12. The third kappa shape index (κ3) is 3.37. The number of hydrogen-bond acceptors (Lipinski definition) is 4. The number of halogens is 2. The Morgan fingerprint density at radius 1 is 1.00 bits per heavy atom. The number of carbonyl (C=O) groups excluding carboxylic acids is 2. The predicted octanol–water partition coefficient (Wildman–Crippen LogP) is 3.93. The van der Waals surface area contributed by atoms with Gasteiger partial charge in [-0.25, -0.2) is 4.39 Å². The summed E-state index contributed by atoms with van der Waals surface area (Å²) in [7, 11) is 3.07. The predicted molar refractivity (Wildman–Crippen MR) is 95.4 cm³/mol. The minimum atomic E-state index is -0.601. The van der Waals surface area contributed by atoms with Crippen LogP contribution < -0.4 is 14.4 Å². The van der Waals surface area contributed by atoms with E-state index in [0.29, 0.717) is 11.5 Å². The molecule has 2 aromatic rings. The van der Waals surface area contributed by atoms with E-state index in [0.717, 1.165) is 16.5 Å². The molecule has 0 aliphatic carbocycles. The van der Waals surface area contributed by atoms with Crippen LogP contribution in [0.5, 0.6) is 11.5 Å². The van der Waals surface area contributed by atoms with E-state index in [1.54, 1.807) is 12.1 Å². The zero-order valence-electron chi connectivity index (χ0n) is 14.3. The molecule has 136 valence electrons. The zero-order chi connectivity index (χ0) is 18.8. The van der Waals surface area contributed by atoms with Gasteiger partial charge >= 0.3 is 0 Å². The lowest BCUT2D eigenvalue weighted by atomic mass is 9.88. The summed E-state index contributed by atoms with van der Waals surface area (Å²) >= 11 is 5.76. The number of amides is 2. The highest BCUT2D eigenvalue weighted by Gasteiger charge is 2.34. The Labute approximate surface area is 155 Å². The van der Waals surface area contributed by atoms with E-state index in [9.17, 15) is 14.0 Å². The van der Waals surface area contributed by atoms with Crippen molar-refractivity contribution >= 4 is 29.1 Å². The van der Waals surface area contributed by atoms with Crippen molar-refractivity contribution in [3.8, 4) is 11.5 Å². The summed E-state index contributed by atoms with van der Waals surface area (Å²) < 4.78 is 23.8. The first kappa shape index (κ1) is 18.2. The van der Waals surface area contributed by atoms with Crippen LogP contribution in [0.3, 0.4) is 0 Å². The topological polar surface area (TPSA) is 55.8 Å². The van der Waals surface area contributed by atoms with Crippen molar-refractivity contribution in [1.82, 2.24) is 0 Å². The van der Waals surface area contributed by atoms with E-state index in [1.165, 1.54) is 26.4 Å². The second-order valence-corrected chi connectivity index (χ2v) is 6.35. The molecule has 1 aliphatic rings. The highest BCUT2D eigenvalue weighted by Crippen LogP contribution is 2.37. The van der Waals surface area contributed by atoms with Crippen LogP contribution in [0.2, 0.25) is 5.02 Å². The van der Waals surface area contributed by atoms with Crippen LogP contribution in [0.25, 0.3) is 0 Å². The summed E-state index contributed by atoms with van der Waals surface area (Å²) in [6.07, 6.45) is 0.298. The highest BCUT2D eigenvalue weighted by molar-refractivity contribution is 6.31. The standard InChI is InChI=1S/C19H17ClFNO4/c1-25-16-6-3-11(7-17(16)26-2)12-8-18(23)22(19(24)9-12)13-4-5-15(21)14(20)10-13/h3-7,10,12H,8-9H2,1-2H3. The number of ether oxygens (including phenoxy) is 2. The highest BCUT2D eigenvalue weighted by atomic mass is 35.5. The first-order valence-corrected chi connectivity index (χ1v) is 8.35. The quantitative estimate of drug-likeness (QED) is 0.757. The monoisotopic (exact) mass is 377 g/mol. The normalized spacial score (nSPS) is 15.3. The molecule has 1 saturated heterocycles. The molecule has 1 aliphatic heterocycles. The molecule has 0 bridgehead atoms. The Hall–Kier alpha value is -2.60. The molecule has 7 heteroatoms. The molecular weight excluding hydrogens is 361 g/mol. The van der Waals surface area contributed by atoms with E-state index in [-0.39, 0.29) is 41.3 Å². The van der Waals surface area contributed by atoms with Crippen molar-refractivity contribution in [2.24, 2.45) is 0 Å². The van der Waals surface area contributed by atoms with Gasteiger partial charge in [-0.05, 0) is 35.9 Å². The Bertz CT molecular complexity index is 853. The number of anilines is 1. The Morgan fingerprint density at radius 3 is 2.23 bits per heavy atom. The van der Waals surface area contributed by atoms with Crippen molar-refractivity contribution in [2.75, 3.05) is 19.1 Å². The molecule has 0 aromatic heterocycles. The van der Waals surface area contributed by atoms with Gasteiger partial charge in [0, 0.05) is 18.8 Å². The molecule has 1 heterocycles. The third-order valence-electron chi connectivity index (χ3n) is 4.38. The second kappa shape index (κ2) is 7.33. The maximum Gasteiger partial charge on any atom is 0.234 e. The van der Waals surface area contributed by atoms with Crippen molar-refractivity contribution in [2.45, 2.75) is 18.8 Å². The molecule has 2 aromatic carbocycles. The average molecular weight is 378 g/mol. The maximum atomic E-state index is 13.3. The molecule has 1 fully saturated rings. The lowest BCUT2D eigenvalue weighted by Gasteiger charge is -2.30. The Morgan fingerprint density at radius 2 is 1.65 bits per heavy atom. The van der Waals surface area contributed by atoms with Gasteiger partial charge in [0.15, 0.2) is 11.5 Å². The minimum absolute atomic E-state index is 0.134. The fraction of sp³-hybridized carbons (Fsp3) is 0.263. The summed E-state index contributed by atoms with van der Waals surface area (Å²) in [5, 5.41) is -0.134. The number of benzene rings is 2. The first-order valence-electron chi connectivity index (χ1n) is 7.97. The minimum Gasteiger partial charge on any atom is -0.493 e. The summed E-state index contributed by atoms with van der Waals surface area (Å²) in [5.41, 5.74) is 1.10. The van der Waals surface area contributed by atoms with Crippen LogP contribution in [0.1, 0.15) is 24.3 Å². The maximum absolute atomic E-state index is 13.3. The van der Waals surface area contributed by atoms with Gasteiger partial charge in [0.05, 0.1) is 24.9 Å². The molecule has 0 N–H and O–H groups in total. The fourth-order valence-corrected chi connectivity index (χ4v) is 3.24. The van der Waals surface area contributed by atoms with Gasteiger partial charge in [0.2, 0.25) is 11.8 Å². The van der Waals surface area contributed by atoms with Gasteiger partial charge in [0.1, 0.15) is 5.82 Å². The number of rotatable bonds is 4. The molecule has 3 rings (SSSR count). The van der Waals surface area contributed by atoms with Crippen LogP contribution in [0, 0.1) is 5.82 Å². The van der Waals surface area contributed by atoms with Gasteiger partial charge in [0.25, 0.3) is 0 Å². The lowest BCUT2D eigenvalue weighted by Crippen LogP contribution is -2.42. The van der Waals surface area contributed by atoms with Crippen molar-refractivity contribution in [1.29, 1.82) is 0 Å². The van der Waals surface area contributed by atoms with Crippen LogP contribution in [-0.4, -0.2) is 26.0 Å². The number of carbonyl (C=O) groups is 2. The van der Waals surface area contributed by atoms with Crippen LogP contribution >= 0.6 is 11.6 Å². The van der Waals surface area contributed by atoms with E-state index in [4.69, 9.17) is 21.1 Å². The van der Waals surface area contributed by atoms with Crippen molar-refractivity contribution in [3.05, 3.63) is 52.8 Å². The molecule has 5 nitrogen and oxygen atoms in total. The van der Waals surface area contributed by atoms with Gasteiger partial charge in [-0.1, -0.05) is 17.7 Å². The summed E-state index contributed by atoms with van der Waals surface area (Å²) in [6.45, 7) is 0. The van der Waals surface area contributed by atoms with E-state index in [2.05, 4.69) is 0 Å². The van der Waals surface area contributed by atoms with Gasteiger partial charge in [-0.3, -0.25) is 14.5 Å². The number of imide groups is 1. The van der Waals surface area contributed by atoms with Crippen LogP contribution in [0.15, 0.2) is 36.4 Å². The zero-order valence-corrected chi connectivity index (χ0v) is 15.0. The van der Waals surface area contributed by atoms with E-state index >= 15 is 0 Å². The molecule has 0 radical (unpaired) electrons. The second-order valence-electron chi connectivity index (χ2n) is 5.94. The van der Waals surface area contributed by atoms with Crippen molar-refractivity contribution in [3.63, 3.8) is 0 Å². The lowest BCUT2D eigenvalue weighted by molar-refractivity contribution is -0.129. The Kier molecular flexibility index (Phi) is 5.13. The molecular formula is C19H17ClFNO4. The van der Waals surface area contributed by atoms with Crippen LogP contribution in [0.4, 0.5) is 10.1 Å². The average Bonchev–Trinajstić information content (AvgIpc) is 2.63. The molecule has 0 atom stereocenters. The summed E-state index contributed by atoms with van der Waals surface area (Å²) in [4.78, 5) is 26.2. The molecule has 2 amide bonds. The number of hydrogen-bond donors (Lipinski definition) is 0. The molecule has 0 spiro atoms.